The maximum absolute atomic E-state index is 13.3. The first-order valence-corrected chi connectivity index (χ1v) is 6.56. The highest BCUT2D eigenvalue weighted by molar-refractivity contribution is 5.93. The molecule has 0 aliphatic heterocycles. The van der Waals surface area contributed by atoms with Crippen LogP contribution < -0.4 is 10.6 Å². The van der Waals surface area contributed by atoms with Crippen LogP contribution in [0.4, 0.5) is 23.8 Å². The van der Waals surface area contributed by atoms with Crippen molar-refractivity contribution in [3.63, 3.8) is 0 Å². The van der Waals surface area contributed by atoms with E-state index >= 15 is 0 Å². The minimum absolute atomic E-state index is 0.128. The maximum atomic E-state index is 13.3. The van der Waals surface area contributed by atoms with E-state index in [0.29, 0.717) is 5.76 Å². The van der Waals surface area contributed by atoms with Gasteiger partial charge >= 0.3 is 23.9 Å². The monoisotopic (exact) mass is 339 g/mol. The summed E-state index contributed by atoms with van der Waals surface area (Å²) in [6.07, 6.45) is -5.24. The predicted octanol–water partition coefficient (Wildman–Crippen LogP) is 1.96. The van der Waals surface area contributed by atoms with E-state index < -0.39 is 30.5 Å². The van der Waals surface area contributed by atoms with Crippen LogP contribution >= 0.6 is 0 Å². The predicted molar refractivity (Wildman–Crippen MR) is 70.4 cm³/mol. The lowest BCUT2D eigenvalue weighted by Crippen LogP contribution is -2.67. The zero-order valence-electron chi connectivity index (χ0n) is 12.6. The number of hydrogen-bond acceptors (Lipinski definition) is 6. The van der Waals surface area contributed by atoms with Crippen molar-refractivity contribution in [2.24, 2.45) is 0 Å². The number of carbonyl (C=O) groups is 2. The molecule has 2 amide bonds. The fraction of sp³-hybridized carbons (Fsp3) is 0.583. The van der Waals surface area contributed by atoms with Gasteiger partial charge in [-0.15, -0.1) is 0 Å². The van der Waals surface area contributed by atoms with Gasteiger partial charge in [0.05, 0.1) is 6.61 Å². The van der Waals surface area contributed by atoms with Crippen LogP contribution in [0.1, 0.15) is 19.6 Å². The molecule has 130 valence electrons. The Hall–Kier alpha value is -2.30. The van der Waals surface area contributed by atoms with Crippen molar-refractivity contribution in [1.29, 1.82) is 0 Å². The zero-order chi connectivity index (χ0) is 17.7. The molecule has 0 fully saturated rings. The Morgan fingerprint density at radius 1 is 1.30 bits per heavy atom. The van der Waals surface area contributed by atoms with E-state index in [4.69, 9.17) is 0 Å². The van der Waals surface area contributed by atoms with Gasteiger partial charge in [0.25, 0.3) is 0 Å². The third-order valence-corrected chi connectivity index (χ3v) is 2.48. The molecule has 0 aromatic carbocycles. The standard InChI is InChI=1S/C12H16F3N3O5/c1-4-21-9(19)11(22-5-2,12(13,14)15)17-10(20)16-8-6-7(3)23-18-8/h6H,4-5H2,1-3H3,(H2,16,17,18,20)/t11-/m0/s1. The van der Waals surface area contributed by atoms with Crippen LogP contribution in [0.5, 0.6) is 0 Å². The Bertz CT molecular complexity index is 560. The number of rotatable bonds is 6. The van der Waals surface area contributed by atoms with Gasteiger partial charge in [0.15, 0.2) is 5.82 Å². The van der Waals surface area contributed by atoms with Crippen LogP contribution in [0.2, 0.25) is 0 Å². The lowest BCUT2D eigenvalue weighted by molar-refractivity contribution is -0.282. The van der Waals surface area contributed by atoms with Crippen molar-refractivity contribution in [2.45, 2.75) is 32.7 Å². The van der Waals surface area contributed by atoms with Crippen LogP contribution in [0.3, 0.4) is 0 Å². The van der Waals surface area contributed by atoms with Gasteiger partial charge in [0.1, 0.15) is 5.76 Å². The van der Waals surface area contributed by atoms with Crippen molar-refractivity contribution < 1.29 is 36.8 Å². The molecule has 0 radical (unpaired) electrons. The second-order valence-corrected chi connectivity index (χ2v) is 4.23. The molecule has 11 heteroatoms. The first-order valence-electron chi connectivity index (χ1n) is 6.56. The minimum atomic E-state index is -5.24. The lowest BCUT2D eigenvalue weighted by Gasteiger charge is -2.33. The van der Waals surface area contributed by atoms with Crippen LogP contribution in [0, 0.1) is 6.92 Å². The number of amides is 2. The quantitative estimate of drug-likeness (QED) is 0.607. The topological polar surface area (TPSA) is 103 Å². The number of hydrogen-bond donors (Lipinski definition) is 2. The van der Waals surface area contributed by atoms with Gasteiger partial charge in [-0.2, -0.15) is 13.2 Å². The molecule has 1 aromatic heterocycles. The average molecular weight is 339 g/mol. The second kappa shape index (κ2) is 7.31. The van der Waals surface area contributed by atoms with Crippen LogP contribution in [-0.2, 0) is 14.3 Å². The molecule has 23 heavy (non-hydrogen) atoms. The van der Waals surface area contributed by atoms with E-state index in [1.807, 2.05) is 5.32 Å². The summed E-state index contributed by atoms with van der Waals surface area (Å²) in [5, 5.41) is 6.85. The Kier molecular flexibility index (Phi) is 5.96. The van der Waals surface area contributed by atoms with Gasteiger partial charge in [-0.1, -0.05) is 5.16 Å². The molecule has 0 spiro atoms. The second-order valence-electron chi connectivity index (χ2n) is 4.23. The van der Waals surface area contributed by atoms with Crippen LogP contribution in [0.15, 0.2) is 10.6 Å². The van der Waals surface area contributed by atoms with E-state index in [1.54, 1.807) is 0 Å². The van der Waals surface area contributed by atoms with Gasteiger partial charge in [0, 0.05) is 12.7 Å². The fourth-order valence-corrected chi connectivity index (χ4v) is 1.60. The summed E-state index contributed by atoms with van der Waals surface area (Å²) in [6, 6.07) is -0.0861. The van der Waals surface area contributed by atoms with Gasteiger partial charge in [-0.05, 0) is 20.8 Å². The molecule has 0 bridgehead atoms. The summed E-state index contributed by atoms with van der Waals surface area (Å²) >= 11 is 0. The van der Waals surface area contributed by atoms with Gasteiger partial charge < -0.3 is 14.0 Å². The van der Waals surface area contributed by atoms with Crippen molar-refractivity contribution in [1.82, 2.24) is 10.5 Å². The van der Waals surface area contributed by atoms with Crippen molar-refractivity contribution >= 4 is 17.8 Å². The maximum Gasteiger partial charge on any atom is 0.448 e. The van der Waals surface area contributed by atoms with E-state index in [2.05, 4.69) is 19.2 Å². The van der Waals surface area contributed by atoms with Gasteiger partial charge in [0.2, 0.25) is 0 Å². The number of anilines is 1. The first kappa shape index (κ1) is 18.7. The zero-order valence-corrected chi connectivity index (χ0v) is 12.6. The van der Waals surface area contributed by atoms with Gasteiger partial charge in [-0.3, -0.25) is 10.6 Å². The molecule has 0 aliphatic rings. The number of halogens is 3. The Balaban J connectivity index is 3.03. The number of alkyl halides is 3. The largest absolute Gasteiger partial charge is 0.462 e. The summed E-state index contributed by atoms with van der Waals surface area (Å²) in [5.74, 6) is -1.57. The molecule has 0 saturated heterocycles. The third kappa shape index (κ3) is 4.34. The Morgan fingerprint density at radius 2 is 1.96 bits per heavy atom. The summed E-state index contributed by atoms with van der Waals surface area (Å²) in [5.41, 5.74) is -3.62. The Labute approximate surface area is 129 Å². The van der Waals surface area contributed by atoms with Crippen LogP contribution in [-0.4, -0.2) is 42.3 Å². The first-order chi connectivity index (χ1) is 10.7. The summed E-state index contributed by atoms with van der Waals surface area (Å²) in [7, 11) is 0. The number of nitrogens with one attached hydrogen (secondary N) is 2. The number of carbonyl (C=O) groups excluding carboxylic acids is 2. The third-order valence-electron chi connectivity index (χ3n) is 2.48. The molecule has 8 nitrogen and oxygen atoms in total. The van der Waals surface area contributed by atoms with Gasteiger partial charge in [-0.25, -0.2) is 9.59 Å². The van der Waals surface area contributed by atoms with Crippen molar-refractivity contribution in [3.8, 4) is 0 Å². The van der Waals surface area contributed by atoms with E-state index in [9.17, 15) is 22.8 Å². The molecule has 1 heterocycles. The average Bonchev–Trinajstić information content (AvgIpc) is 2.82. The molecule has 1 atom stereocenters. The van der Waals surface area contributed by atoms with Crippen LogP contribution in [0.25, 0.3) is 0 Å². The summed E-state index contributed by atoms with van der Waals surface area (Å²) < 4.78 is 53.6. The van der Waals surface area contributed by atoms with Crippen molar-refractivity contribution in [2.75, 3.05) is 18.5 Å². The fourth-order valence-electron chi connectivity index (χ4n) is 1.60. The number of aromatic nitrogens is 1. The highest BCUT2D eigenvalue weighted by Gasteiger charge is 2.64. The molecule has 0 saturated carbocycles. The summed E-state index contributed by atoms with van der Waals surface area (Å²) in [6.45, 7) is 3.26. The highest BCUT2D eigenvalue weighted by atomic mass is 19.4. The molecule has 0 unspecified atom stereocenters. The molecular formula is C12H16F3N3O5. The number of aryl methyl sites for hydroxylation is 1. The minimum Gasteiger partial charge on any atom is -0.462 e. The normalized spacial score (nSPS) is 14.0. The smallest absolute Gasteiger partial charge is 0.448 e. The molecule has 2 N–H and O–H groups in total. The number of urea groups is 1. The number of esters is 1. The molecule has 1 aromatic rings. The number of nitrogens with zero attached hydrogens (tertiary/aromatic N) is 1. The Morgan fingerprint density at radius 3 is 2.39 bits per heavy atom. The van der Waals surface area contributed by atoms with E-state index in [-0.39, 0.29) is 12.4 Å². The SMILES string of the molecule is CCOC(=O)[C@](NC(=O)Nc1cc(C)on1)(OCC)C(F)(F)F. The van der Waals surface area contributed by atoms with E-state index in [1.165, 1.54) is 32.2 Å². The molecular weight excluding hydrogens is 323 g/mol. The number of ether oxygens (including phenoxy) is 2. The van der Waals surface area contributed by atoms with E-state index in [0.717, 1.165) is 0 Å². The molecule has 0 aliphatic carbocycles. The van der Waals surface area contributed by atoms with Crippen molar-refractivity contribution in [3.05, 3.63) is 11.8 Å². The summed E-state index contributed by atoms with van der Waals surface area (Å²) in [4.78, 5) is 23.5. The molecule has 1 rings (SSSR count). The lowest BCUT2D eigenvalue weighted by atomic mass is 10.2. The highest BCUT2D eigenvalue weighted by Crippen LogP contribution is 2.33.